The van der Waals surface area contributed by atoms with Gasteiger partial charge in [-0.2, -0.15) is 0 Å². The lowest BCUT2D eigenvalue weighted by molar-refractivity contribution is -0.136. The second-order valence-electron chi connectivity index (χ2n) is 5.62. The van der Waals surface area contributed by atoms with Crippen molar-refractivity contribution in [3.05, 3.63) is 0 Å². The predicted molar refractivity (Wildman–Crippen MR) is 73.5 cm³/mol. The molecule has 0 aromatic rings. The molecule has 4 nitrogen and oxygen atoms in total. The third-order valence-electron chi connectivity index (χ3n) is 4.34. The Labute approximate surface area is 111 Å². The highest BCUT2D eigenvalue weighted by Gasteiger charge is 2.30. The van der Waals surface area contributed by atoms with E-state index in [0.29, 0.717) is 11.9 Å². The van der Waals surface area contributed by atoms with Crippen molar-refractivity contribution in [3.63, 3.8) is 0 Å². The van der Waals surface area contributed by atoms with E-state index in [-0.39, 0.29) is 6.04 Å². The van der Waals surface area contributed by atoms with Gasteiger partial charge < -0.3 is 10.2 Å². The van der Waals surface area contributed by atoms with Gasteiger partial charge in [0.1, 0.15) is 0 Å². The van der Waals surface area contributed by atoms with Crippen LogP contribution in [0.5, 0.6) is 0 Å². The molecule has 104 valence electrons. The Bertz CT molecular complexity index is 274. The van der Waals surface area contributed by atoms with E-state index < -0.39 is 0 Å². The van der Waals surface area contributed by atoms with Gasteiger partial charge in [0.05, 0.1) is 6.04 Å². The highest BCUT2D eigenvalue weighted by molar-refractivity contribution is 5.82. The summed E-state index contributed by atoms with van der Waals surface area (Å²) in [6.07, 6.45) is 4.68. The fraction of sp³-hybridized carbons (Fsp3) is 0.929. The third-order valence-corrected chi connectivity index (χ3v) is 4.34. The van der Waals surface area contributed by atoms with E-state index in [1.54, 1.807) is 0 Å². The maximum atomic E-state index is 12.5. The molecule has 2 atom stereocenters. The van der Waals surface area contributed by atoms with Gasteiger partial charge in [0.2, 0.25) is 5.91 Å². The minimum atomic E-state index is 0.0767. The monoisotopic (exact) mass is 253 g/mol. The van der Waals surface area contributed by atoms with E-state index >= 15 is 0 Å². The number of nitrogens with one attached hydrogen (secondary N) is 1. The molecule has 2 aliphatic rings. The number of likely N-dealkylation sites (N-methyl/N-ethyl adjacent to an activating group) is 1. The molecule has 0 saturated carbocycles. The van der Waals surface area contributed by atoms with Crippen molar-refractivity contribution < 1.29 is 4.79 Å². The van der Waals surface area contributed by atoms with Crippen LogP contribution >= 0.6 is 0 Å². The van der Waals surface area contributed by atoms with E-state index in [1.807, 2.05) is 0 Å². The van der Waals surface area contributed by atoms with Crippen LogP contribution in [0.4, 0.5) is 0 Å². The quantitative estimate of drug-likeness (QED) is 0.799. The van der Waals surface area contributed by atoms with Gasteiger partial charge in [-0.05, 0) is 32.9 Å². The first-order valence-electron chi connectivity index (χ1n) is 7.48. The highest BCUT2D eigenvalue weighted by Crippen LogP contribution is 2.14. The molecule has 2 unspecified atom stereocenters. The Balaban J connectivity index is 1.89. The normalized spacial score (nSPS) is 31.1. The molecule has 2 saturated heterocycles. The minimum absolute atomic E-state index is 0.0767. The zero-order valence-corrected chi connectivity index (χ0v) is 11.8. The molecular weight excluding hydrogens is 226 g/mol. The molecule has 1 amide bonds. The van der Waals surface area contributed by atoms with Crippen molar-refractivity contribution in [1.29, 1.82) is 0 Å². The molecule has 2 rings (SSSR count). The Morgan fingerprint density at radius 3 is 2.83 bits per heavy atom. The molecule has 0 bridgehead atoms. The van der Waals surface area contributed by atoms with Crippen LogP contribution in [0.3, 0.4) is 0 Å². The number of rotatable bonds is 2. The molecule has 2 aliphatic heterocycles. The number of piperazine rings is 1. The molecule has 18 heavy (non-hydrogen) atoms. The van der Waals surface area contributed by atoms with Crippen LogP contribution in [0.25, 0.3) is 0 Å². The number of hydrogen-bond donors (Lipinski definition) is 1. The van der Waals surface area contributed by atoms with Crippen molar-refractivity contribution >= 4 is 5.91 Å². The van der Waals surface area contributed by atoms with E-state index in [1.165, 1.54) is 19.3 Å². The van der Waals surface area contributed by atoms with E-state index in [0.717, 1.165) is 39.1 Å². The summed E-state index contributed by atoms with van der Waals surface area (Å²) in [7, 11) is 0. The van der Waals surface area contributed by atoms with Crippen LogP contribution in [0.1, 0.15) is 39.5 Å². The van der Waals surface area contributed by atoms with Gasteiger partial charge >= 0.3 is 0 Å². The van der Waals surface area contributed by atoms with Gasteiger partial charge in [-0.25, -0.2) is 0 Å². The second-order valence-corrected chi connectivity index (χ2v) is 5.62. The summed E-state index contributed by atoms with van der Waals surface area (Å²) >= 11 is 0. The van der Waals surface area contributed by atoms with Crippen molar-refractivity contribution in [2.75, 3.05) is 32.7 Å². The van der Waals surface area contributed by atoms with Crippen LogP contribution in [-0.4, -0.2) is 60.5 Å². The second kappa shape index (κ2) is 6.53. The maximum Gasteiger partial charge on any atom is 0.239 e. The van der Waals surface area contributed by atoms with Gasteiger partial charge in [-0.3, -0.25) is 9.69 Å². The zero-order chi connectivity index (χ0) is 13.0. The summed E-state index contributed by atoms with van der Waals surface area (Å²) in [6.45, 7) is 9.33. The van der Waals surface area contributed by atoms with Gasteiger partial charge in [0, 0.05) is 25.7 Å². The van der Waals surface area contributed by atoms with Crippen molar-refractivity contribution in [2.24, 2.45) is 0 Å². The molecule has 2 heterocycles. The maximum absolute atomic E-state index is 12.5. The van der Waals surface area contributed by atoms with Crippen LogP contribution in [0, 0.1) is 0 Å². The van der Waals surface area contributed by atoms with E-state index in [2.05, 4.69) is 29.0 Å². The Morgan fingerprint density at radius 2 is 2.11 bits per heavy atom. The smallest absolute Gasteiger partial charge is 0.239 e. The van der Waals surface area contributed by atoms with E-state index in [9.17, 15) is 4.79 Å². The highest BCUT2D eigenvalue weighted by atomic mass is 16.2. The van der Waals surface area contributed by atoms with Gasteiger partial charge in [0.25, 0.3) is 0 Å². The number of carbonyl (C=O) groups excluding carboxylic acids is 1. The van der Waals surface area contributed by atoms with Crippen LogP contribution in [-0.2, 0) is 4.79 Å². The van der Waals surface area contributed by atoms with Gasteiger partial charge in [-0.1, -0.05) is 19.8 Å². The minimum Gasteiger partial charge on any atom is -0.339 e. The number of nitrogens with zero attached hydrogens (tertiary/aromatic N) is 2. The fourth-order valence-corrected chi connectivity index (χ4v) is 3.12. The topological polar surface area (TPSA) is 35.6 Å². The molecular formula is C14H27N3O. The van der Waals surface area contributed by atoms with Crippen molar-refractivity contribution in [2.45, 2.75) is 51.6 Å². The Morgan fingerprint density at radius 1 is 1.28 bits per heavy atom. The molecule has 4 heteroatoms. The van der Waals surface area contributed by atoms with Crippen LogP contribution in [0.2, 0.25) is 0 Å². The lowest BCUT2D eigenvalue weighted by atomic mass is 10.1. The zero-order valence-electron chi connectivity index (χ0n) is 11.8. The fourth-order valence-electron chi connectivity index (χ4n) is 3.12. The summed E-state index contributed by atoms with van der Waals surface area (Å²) in [5.74, 6) is 0.333. The third kappa shape index (κ3) is 3.23. The van der Waals surface area contributed by atoms with Gasteiger partial charge in [-0.15, -0.1) is 0 Å². The largest absolute Gasteiger partial charge is 0.339 e. The molecule has 0 aromatic carbocycles. The average Bonchev–Trinajstić information content (AvgIpc) is 2.66. The van der Waals surface area contributed by atoms with Crippen LogP contribution < -0.4 is 5.32 Å². The summed E-state index contributed by atoms with van der Waals surface area (Å²) in [6, 6.07) is 0.575. The number of amides is 1. The van der Waals surface area contributed by atoms with E-state index in [4.69, 9.17) is 0 Å². The number of hydrogen-bond acceptors (Lipinski definition) is 3. The number of carbonyl (C=O) groups is 1. The SMILES string of the molecule is CCN1CCN(C(=O)C2CCCCCN2)CC1C. The first-order valence-corrected chi connectivity index (χ1v) is 7.48. The predicted octanol–water partition coefficient (Wildman–Crippen LogP) is 1.07. The first kappa shape index (κ1) is 13.8. The summed E-state index contributed by atoms with van der Waals surface area (Å²) in [5.41, 5.74) is 0. The molecule has 0 spiro atoms. The lowest BCUT2D eigenvalue weighted by Crippen LogP contribution is -2.57. The summed E-state index contributed by atoms with van der Waals surface area (Å²) in [5, 5.41) is 3.41. The van der Waals surface area contributed by atoms with Crippen LogP contribution in [0.15, 0.2) is 0 Å². The first-order chi connectivity index (χ1) is 8.72. The summed E-state index contributed by atoms with van der Waals surface area (Å²) in [4.78, 5) is 17.0. The summed E-state index contributed by atoms with van der Waals surface area (Å²) < 4.78 is 0. The Hall–Kier alpha value is -0.610. The van der Waals surface area contributed by atoms with Gasteiger partial charge in [0.15, 0.2) is 0 Å². The van der Waals surface area contributed by atoms with Crippen molar-refractivity contribution in [3.8, 4) is 0 Å². The molecule has 1 N–H and O–H groups in total. The lowest BCUT2D eigenvalue weighted by Gasteiger charge is -2.40. The average molecular weight is 253 g/mol. The molecule has 0 radical (unpaired) electrons. The molecule has 0 aromatic heterocycles. The molecule has 2 fully saturated rings. The van der Waals surface area contributed by atoms with Crippen molar-refractivity contribution in [1.82, 2.24) is 15.1 Å². The Kier molecular flexibility index (Phi) is 5.01. The standard InChI is InChI=1S/C14H27N3O/c1-3-16-9-10-17(11-12(16)2)14(18)13-7-5-4-6-8-15-13/h12-13,15H,3-11H2,1-2H3. The molecule has 0 aliphatic carbocycles.